The highest BCUT2D eigenvalue weighted by atomic mass is 16.5. The Morgan fingerprint density at radius 3 is 2.38 bits per heavy atom. The largest absolute Gasteiger partial charge is 0.495 e. The second-order valence-electron chi connectivity index (χ2n) is 5.88. The van der Waals surface area contributed by atoms with Crippen LogP contribution in [0.1, 0.15) is 30.6 Å². The molecular weight excluding hydrogens is 304 g/mol. The quantitative estimate of drug-likeness (QED) is 0.845. The molecule has 0 aromatic heterocycles. The molecule has 0 aliphatic heterocycles. The van der Waals surface area contributed by atoms with Crippen LogP contribution in [0, 0.1) is 5.92 Å². The minimum absolute atomic E-state index is 0.0597. The summed E-state index contributed by atoms with van der Waals surface area (Å²) >= 11 is 0. The van der Waals surface area contributed by atoms with Gasteiger partial charge in [0.05, 0.1) is 12.8 Å². The van der Waals surface area contributed by atoms with E-state index in [0.29, 0.717) is 29.1 Å². The minimum Gasteiger partial charge on any atom is -0.495 e. The summed E-state index contributed by atoms with van der Waals surface area (Å²) in [4.78, 5) is 24.2. The van der Waals surface area contributed by atoms with Crippen molar-refractivity contribution in [3.63, 3.8) is 0 Å². The molecule has 2 rings (SSSR count). The second kappa shape index (κ2) is 8.15. The third-order valence-corrected chi connectivity index (χ3v) is 3.36. The van der Waals surface area contributed by atoms with Gasteiger partial charge in [-0.05, 0) is 36.2 Å². The van der Waals surface area contributed by atoms with Crippen LogP contribution in [0.4, 0.5) is 11.4 Å². The molecule has 2 amide bonds. The fourth-order valence-corrected chi connectivity index (χ4v) is 2.25. The molecule has 0 bridgehead atoms. The number of hydrogen-bond acceptors (Lipinski definition) is 3. The molecule has 0 radical (unpaired) electrons. The van der Waals surface area contributed by atoms with Crippen molar-refractivity contribution in [1.29, 1.82) is 0 Å². The van der Waals surface area contributed by atoms with E-state index < -0.39 is 0 Å². The second-order valence-corrected chi connectivity index (χ2v) is 5.88. The summed E-state index contributed by atoms with van der Waals surface area (Å²) < 4.78 is 5.28. The van der Waals surface area contributed by atoms with Crippen LogP contribution in [-0.4, -0.2) is 18.9 Å². The summed E-state index contributed by atoms with van der Waals surface area (Å²) in [6.07, 6.45) is 0.442. The lowest BCUT2D eigenvalue weighted by atomic mass is 10.1. The van der Waals surface area contributed by atoms with Gasteiger partial charge in [0, 0.05) is 17.7 Å². The van der Waals surface area contributed by atoms with Crippen LogP contribution < -0.4 is 15.4 Å². The molecule has 0 fully saturated rings. The van der Waals surface area contributed by atoms with Crippen molar-refractivity contribution in [3.05, 3.63) is 54.1 Å². The molecular formula is C19H22N2O3. The molecule has 2 aromatic rings. The molecule has 0 unspecified atom stereocenters. The van der Waals surface area contributed by atoms with Crippen LogP contribution in [-0.2, 0) is 4.79 Å². The standard InChI is InChI=1S/C19H22N2O3/c1-13(2)11-18(22)20-15-9-10-17(24-3)16(12-15)21-19(23)14-7-5-4-6-8-14/h4-10,12-13H,11H2,1-3H3,(H,20,22)(H,21,23). The first-order chi connectivity index (χ1) is 11.5. The first kappa shape index (κ1) is 17.5. The number of carbonyl (C=O) groups excluding carboxylic acids is 2. The van der Waals surface area contributed by atoms with Crippen molar-refractivity contribution in [1.82, 2.24) is 0 Å². The number of anilines is 2. The SMILES string of the molecule is COc1ccc(NC(=O)CC(C)C)cc1NC(=O)c1ccccc1. The number of rotatable bonds is 6. The van der Waals surface area contributed by atoms with E-state index in [0.717, 1.165) is 0 Å². The van der Waals surface area contributed by atoms with Crippen LogP contribution in [0.15, 0.2) is 48.5 Å². The summed E-state index contributed by atoms with van der Waals surface area (Å²) in [7, 11) is 1.53. The van der Waals surface area contributed by atoms with Gasteiger partial charge in [-0.25, -0.2) is 0 Å². The predicted octanol–water partition coefficient (Wildman–Crippen LogP) is 3.93. The van der Waals surface area contributed by atoms with Crippen LogP contribution >= 0.6 is 0 Å². The Bertz CT molecular complexity index is 712. The lowest BCUT2D eigenvalue weighted by Crippen LogP contribution is -2.15. The fourth-order valence-electron chi connectivity index (χ4n) is 2.25. The molecule has 126 valence electrons. The normalized spacial score (nSPS) is 10.3. The summed E-state index contributed by atoms with van der Waals surface area (Å²) in [6.45, 7) is 3.97. The summed E-state index contributed by atoms with van der Waals surface area (Å²) in [5.74, 6) is 0.511. The van der Waals surface area contributed by atoms with Crippen molar-refractivity contribution in [2.24, 2.45) is 5.92 Å². The summed E-state index contributed by atoms with van der Waals surface area (Å²) in [5, 5.41) is 5.65. The Morgan fingerprint density at radius 1 is 1.04 bits per heavy atom. The first-order valence-electron chi connectivity index (χ1n) is 7.84. The van der Waals surface area contributed by atoms with E-state index in [9.17, 15) is 9.59 Å². The number of hydrogen-bond donors (Lipinski definition) is 2. The molecule has 0 aliphatic rings. The average Bonchev–Trinajstić information content (AvgIpc) is 2.55. The number of methoxy groups -OCH3 is 1. The number of nitrogens with one attached hydrogen (secondary N) is 2. The Balaban J connectivity index is 2.17. The van der Waals surface area contributed by atoms with Gasteiger partial charge in [0.1, 0.15) is 5.75 Å². The number of carbonyl (C=O) groups is 2. The topological polar surface area (TPSA) is 67.4 Å². The van der Waals surface area contributed by atoms with E-state index in [-0.39, 0.29) is 17.7 Å². The number of ether oxygens (including phenoxy) is 1. The Kier molecular flexibility index (Phi) is 5.95. The Morgan fingerprint density at radius 2 is 1.75 bits per heavy atom. The van der Waals surface area contributed by atoms with Gasteiger partial charge in [-0.15, -0.1) is 0 Å². The van der Waals surface area contributed by atoms with Crippen molar-refractivity contribution in [2.45, 2.75) is 20.3 Å². The van der Waals surface area contributed by atoms with Crippen molar-refractivity contribution in [2.75, 3.05) is 17.7 Å². The van der Waals surface area contributed by atoms with Crippen molar-refractivity contribution in [3.8, 4) is 5.75 Å². The monoisotopic (exact) mass is 326 g/mol. The Hall–Kier alpha value is -2.82. The third kappa shape index (κ3) is 4.84. The molecule has 0 saturated heterocycles. The first-order valence-corrected chi connectivity index (χ1v) is 7.84. The molecule has 0 aliphatic carbocycles. The van der Waals surface area contributed by atoms with Gasteiger partial charge >= 0.3 is 0 Å². The fraction of sp³-hybridized carbons (Fsp3) is 0.263. The van der Waals surface area contributed by atoms with E-state index in [4.69, 9.17) is 4.74 Å². The summed E-state index contributed by atoms with van der Waals surface area (Å²) in [5.41, 5.74) is 1.67. The highest BCUT2D eigenvalue weighted by molar-refractivity contribution is 6.05. The van der Waals surface area contributed by atoms with Gasteiger partial charge in [-0.2, -0.15) is 0 Å². The lowest BCUT2D eigenvalue weighted by molar-refractivity contribution is -0.116. The molecule has 0 atom stereocenters. The van der Waals surface area contributed by atoms with Crippen LogP contribution in [0.3, 0.4) is 0 Å². The van der Waals surface area contributed by atoms with E-state index in [1.54, 1.807) is 42.5 Å². The predicted molar refractivity (Wildman–Crippen MR) is 95.5 cm³/mol. The van der Waals surface area contributed by atoms with E-state index >= 15 is 0 Å². The highest BCUT2D eigenvalue weighted by Crippen LogP contribution is 2.28. The zero-order valence-corrected chi connectivity index (χ0v) is 14.1. The average molecular weight is 326 g/mol. The molecule has 5 nitrogen and oxygen atoms in total. The zero-order valence-electron chi connectivity index (χ0n) is 14.1. The van der Waals surface area contributed by atoms with E-state index in [1.807, 2.05) is 19.9 Å². The van der Waals surface area contributed by atoms with Gasteiger partial charge in [0.15, 0.2) is 0 Å². The summed E-state index contributed by atoms with van der Waals surface area (Å²) in [6, 6.07) is 14.1. The zero-order chi connectivity index (χ0) is 17.5. The van der Waals surface area contributed by atoms with Gasteiger partial charge in [-0.3, -0.25) is 9.59 Å². The molecule has 0 heterocycles. The van der Waals surface area contributed by atoms with Gasteiger partial charge in [0.25, 0.3) is 5.91 Å². The van der Waals surface area contributed by atoms with Gasteiger partial charge in [-0.1, -0.05) is 32.0 Å². The third-order valence-electron chi connectivity index (χ3n) is 3.36. The maximum atomic E-state index is 12.3. The van der Waals surface area contributed by atoms with Crippen LogP contribution in [0.2, 0.25) is 0 Å². The Labute approximate surface area is 142 Å². The lowest BCUT2D eigenvalue weighted by Gasteiger charge is -2.13. The molecule has 2 aromatic carbocycles. The van der Waals surface area contributed by atoms with E-state index in [1.165, 1.54) is 7.11 Å². The van der Waals surface area contributed by atoms with Gasteiger partial charge in [0.2, 0.25) is 5.91 Å². The molecule has 0 spiro atoms. The number of benzene rings is 2. The smallest absolute Gasteiger partial charge is 0.255 e. The van der Waals surface area contributed by atoms with Crippen LogP contribution in [0.25, 0.3) is 0 Å². The van der Waals surface area contributed by atoms with E-state index in [2.05, 4.69) is 10.6 Å². The van der Waals surface area contributed by atoms with Crippen molar-refractivity contribution < 1.29 is 14.3 Å². The molecule has 5 heteroatoms. The van der Waals surface area contributed by atoms with Crippen molar-refractivity contribution >= 4 is 23.2 Å². The highest BCUT2D eigenvalue weighted by Gasteiger charge is 2.12. The molecule has 2 N–H and O–H groups in total. The molecule has 0 saturated carbocycles. The minimum atomic E-state index is -0.237. The number of amides is 2. The van der Waals surface area contributed by atoms with Gasteiger partial charge < -0.3 is 15.4 Å². The maximum absolute atomic E-state index is 12.3. The van der Waals surface area contributed by atoms with Crippen LogP contribution in [0.5, 0.6) is 5.75 Å². The maximum Gasteiger partial charge on any atom is 0.255 e. The molecule has 24 heavy (non-hydrogen) atoms.